The molecule has 0 radical (unpaired) electrons. The molecule has 0 saturated carbocycles. The SMILES string of the molecule is CCNC(=NCc1ccc(-n2cncn2)cc1)NCCc1cc(C)ccc1OC.I. The largest absolute Gasteiger partial charge is 0.496 e. The lowest BCUT2D eigenvalue weighted by Crippen LogP contribution is -2.38. The molecule has 1 heterocycles. The van der Waals surface area contributed by atoms with Gasteiger partial charge in [0.15, 0.2) is 5.96 Å². The van der Waals surface area contributed by atoms with E-state index in [9.17, 15) is 0 Å². The number of nitrogens with zero attached hydrogens (tertiary/aromatic N) is 4. The average molecular weight is 520 g/mol. The maximum atomic E-state index is 5.46. The molecule has 0 aliphatic carbocycles. The fourth-order valence-electron chi connectivity index (χ4n) is 3.03. The summed E-state index contributed by atoms with van der Waals surface area (Å²) in [6, 6.07) is 14.4. The van der Waals surface area contributed by atoms with Gasteiger partial charge in [-0.3, -0.25) is 0 Å². The van der Waals surface area contributed by atoms with Gasteiger partial charge in [-0.05, 0) is 49.6 Å². The van der Waals surface area contributed by atoms with E-state index in [0.717, 1.165) is 42.5 Å². The van der Waals surface area contributed by atoms with Gasteiger partial charge in [-0.1, -0.05) is 29.8 Å². The predicted octanol–water partition coefficient (Wildman–Crippen LogP) is 3.50. The Morgan fingerprint density at radius 2 is 1.93 bits per heavy atom. The highest BCUT2D eigenvalue weighted by Crippen LogP contribution is 2.19. The quantitative estimate of drug-likeness (QED) is 0.270. The summed E-state index contributed by atoms with van der Waals surface area (Å²) in [5, 5.41) is 10.8. The summed E-state index contributed by atoms with van der Waals surface area (Å²) in [4.78, 5) is 8.67. The molecule has 0 unspecified atom stereocenters. The summed E-state index contributed by atoms with van der Waals surface area (Å²) in [6.07, 6.45) is 4.07. The molecule has 0 saturated heterocycles. The smallest absolute Gasteiger partial charge is 0.191 e. The van der Waals surface area contributed by atoms with Crippen LogP contribution in [0.15, 0.2) is 60.1 Å². The van der Waals surface area contributed by atoms with E-state index in [4.69, 9.17) is 9.73 Å². The molecule has 0 atom stereocenters. The second-order valence-corrected chi connectivity index (χ2v) is 6.69. The van der Waals surface area contributed by atoms with E-state index in [1.165, 1.54) is 17.5 Å². The normalized spacial score (nSPS) is 11.0. The molecule has 0 bridgehead atoms. The molecular weight excluding hydrogens is 491 g/mol. The van der Waals surface area contributed by atoms with Crippen molar-refractivity contribution in [1.29, 1.82) is 0 Å². The molecule has 0 spiro atoms. The Morgan fingerprint density at radius 3 is 2.60 bits per heavy atom. The van der Waals surface area contributed by atoms with Crippen molar-refractivity contribution in [1.82, 2.24) is 25.4 Å². The van der Waals surface area contributed by atoms with Crippen molar-refractivity contribution in [3.05, 3.63) is 71.8 Å². The van der Waals surface area contributed by atoms with Gasteiger partial charge >= 0.3 is 0 Å². The number of hydrogen-bond donors (Lipinski definition) is 2. The van der Waals surface area contributed by atoms with Crippen molar-refractivity contribution in [2.24, 2.45) is 4.99 Å². The second kappa shape index (κ2) is 12.2. The third kappa shape index (κ3) is 6.72. The van der Waals surface area contributed by atoms with E-state index in [-0.39, 0.29) is 24.0 Å². The fraction of sp³-hybridized carbons (Fsp3) is 0.318. The van der Waals surface area contributed by atoms with Crippen LogP contribution in [0.2, 0.25) is 0 Å². The summed E-state index contributed by atoms with van der Waals surface area (Å²) < 4.78 is 7.20. The van der Waals surface area contributed by atoms with Crippen LogP contribution in [-0.2, 0) is 13.0 Å². The Bertz CT molecular complexity index is 925. The van der Waals surface area contributed by atoms with Crippen molar-refractivity contribution >= 4 is 29.9 Å². The zero-order chi connectivity index (χ0) is 20.5. The highest BCUT2D eigenvalue weighted by molar-refractivity contribution is 14.0. The third-order valence-electron chi connectivity index (χ3n) is 4.51. The van der Waals surface area contributed by atoms with Crippen LogP contribution in [0.4, 0.5) is 0 Å². The number of benzene rings is 2. The number of aromatic nitrogens is 3. The minimum Gasteiger partial charge on any atom is -0.496 e. The molecule has 0 amide bonds. The Balaban J connectivity index is 0.00000320. The number of ether oxygens (including phenoxy) is 1. The first-order valence-electron chi connectivity index (χ1n) is 9.79. The molecule has 2 N–H and O–H groups in total. The summed E-state index contributed by atoms with van der Waals surface area (Å²) in [7, 11) is 1.71. The fourth-order valence-corrected chi connectivity index (χ4v) is 3.03. The highest BCUT2D eigenvalue weighted by Gasteiger charge is 2.04. The molecule has 8 heteroatoms. The number of aliphatic imine (C=N–C) groups is 1. The maximum Gasteiger partial charge on any atom is 0.191 e. The van der Waals surface area contributed by atoms with Gasteiger partial charge in [0, 0.05) is 13.1 Å². The van der Waals surface area contributed by atoms with Crippen molar-refractivity contribution in [2.75, 3.05) is 20.2 Å². The van der Waals surface area contributed by atoms with Crippen LogP contribution in [0.3, 0.4) is 0 Å². The number of methoxy groups -OCH3 is 1. The first-order valence-corrected chi connectivity index (χ1v) is 9.79. The molecule has 160 valence electrons. The maximum absolute atomic E-state index is 5.46. The minimum absolute atomic E-state index is 0. The predicted molar refractivity (Wildman–Crippen MR) is 131 cm³/mol. The van der Waals surface area contributed by atoms with E-state index in [2.05, 4.69) is 58.8 Å². The van der Waals surface area contributed by atoms with Crippen LogP contribution < -0.4 is 15.4 Å². The van der Waals surface area contributed by atoms with Crippen LogP contribution in [0.25, 0.3) is 5.69 Å². The van der Waals surface area contributed by atoms with Gasteiger partial charge in [0.2, 0.25) is 0 Å². The zero-order valence-corrected chi connectivity index (χ0v) is 20.0. The zero-order valence-electron chi connectivity index (χ0n) is 17.6. The molecule has 7 nitrogen and oxygen atoms in total. The Hall–Kier alpha value is -2.62. The lowest BCUT2D eigenvalue weighted by molar-refractivity contribution is 0.409. The van der Waals surface area contributed by atoms with Crippen LogP contribution in [0.1, 0.15) is 23.6 Å². The molecular formula is C22H29IN6O. The number of hydrogen-bond acceptors (Lipinski definition) is 4. The van der Waals surface area contributed by atoms with Crippen molar-refractivity contribution in [2.45, 2.75) is 26.8 Å². The molecule has 3 aromatic rings. The van der Waals surface area contributed by atoms with Crippen LogP contribution in [-0.4, -0.2) is 40.9 Å². The number of rotatable bonds is 8. The molecule has 2 aromatic carbocycles. The lowest BCUT2D eigenvalue weighted by Gasteiger charge is -2.13. The first-order chi connectivity index (χ1) is 14.2. The number of nitrogens with one attached hydrogen (secondary N) is 2. The molecule has 0 aliphatic heterocycles. The number of guanidine groups is 1. The van der Waals surface area contributed by atoms with Gasteiger partial charge < -0.3 is 15.4 Å². The average Bonchev–Trinajstić information content (AvgIpc) is 3.27. The van der Waals surface area contributed by atoms with Crippen molar-refractivity contribution in [3.63, 3.8) is 0 Å². The Kier molecular flexibility index (Phi) is 9.59. The summed E-state index contributed by atoms with van der Waals surface area (Å²) in [5.41, 5.74) is 4.54. The highest BCUT2D eigenvalue weighted by atomic mass is 127. The molecule has 0 fully saturated rings. The second-order valence-electron chi connectivity index (χ2n) is 6.69. The number of aryl methyl sites for hydroxylation is 1. The van der Waals surface area contributed by atoms with E-state index >= 15 is 0 Å². The Labute approximate surface area is 195 Å². The Morgan fingerprint density at radius 1 is 1.13 bits per heavy atom. The van der Waals surface area contributed by atoms with Gasteiger partial charge in [0.1, 0.15) is 18.4 Å². The van der Waals surface area contributed by atoms with Crippen LogP contribution in [0.5, 0.6) is 5.75 Å². The van der Waals surface area contributed by atoms with Gasteiger partial charge in [-0.2, -0.15) is 5.10 Å². The summed E-state index contributed by atoms with van der Waals surface area (Å²) in [6.45, 7) is 6.34. The standard InChI is InChI=1S/C22H28N6O.HI/c1-4-24-22(25-12-11-19-13-17(2)5-10-21(19)29-3)26-14-18-6-8-20(9-7-18)28-16-23-15-27-28;/h5-10,13,15-16H,4,11-12,14H2,1-3H3,(H2,24,25,26);1H. The van der Waals surface area contributed by atoms with Crippen LogP contribution in [0, 0.1) is 6.92 Å². The van der Waals surface area contributed by atoms with Crippen molar-refractivity contribution < 1.29 is 4.74 Å². The van der Waals surface area contributed by atoms with E-state index in [1.807, 2.05) is 18.2 Å². The lowest BCUT2D eigenvalue weighted by atomic mass is 10.1. The summed E-state index contributed by atoms with van der Waals surface area (Å²) in [5.74, 6) is 1.73. The van der Waals surface area contributed by atoms with Crippen LogP contribution >= 0.6 is 24.0 Å². The minimum atomic E-state index is 0. The molecule has 1 aromatic heterocycles. The molecule has 0 aliphatic rings. The molecule has 3 rings (SSSR count). The van der Waals surface area contributed by atoms with Gasteiger partial charge in [-0.15, -0.1) is 24.0 Å². The van der Waals surface area contributed by atoms with Crippen molar-refractivity contribution in [3.8, 4) is 11.4 Å². The van der Waals surface area contributed by atoms with E-state index < -0.39 is 0 Å². The number of halogens is 1. The van der Waals surface area contributed by atoms with Gasteiger partial charge in [0.05, 0.1) is 19.3 Å². The first kappa shape index (κ1) is 23.7. The van der Waals surface area contributed by atoms with E-state index in [0.29, 0.717) is 6.54 Å². The van der Waals surface area contributed by atoms with Gasteiger partial charge in [0.25, 0.3) is 0 Å². The topological polar surface area (TPSA) is 76.4 Å². The summed E-state index contributed by atoms with van der Waals surface area (Å²) >= 11 is 0. The van der Waals surface area contributed by atoms with E-state index in [1.54, 1.807) is 18.1 Å². The monoisotopic (exact) mass is 520 g/mol. The molecule has 30 heavy (non-hydrogen) atoms. The van der Waals surface area contributed by atoms with Gasteiger partial charge in [-0.25, -0.2) is 14.7 Å². The third-order valence-corrected chi connectivity index (χ3v) is 4.51.